The average molecular weight is 170 g/mol. The molecule has 2 saturated carbocycles. The lowest BCUT2D eigenvalue weighted by molar-refractivity contribution is -0.00727. The van der Waals surface area contributed by atoms with Gasteiger partial charge in [-0.3, -0.25) is 0 Å². The van der Waals surface area contributed by atoms with Gasteiger partial charge in [-0.25, -0.2) is 0 Å². The van der Waals surface area contributed by atoms with Gasteiger partial charge in [0.2, 0.25) is 0 Å². The molecule has 0 spiro atoms. The van der Waals surface area contributed by atoms with Crippen LogP contribution in [-0.4, -0.2) is 22.4 Å². The minimum absolute atomic E-state index is 0.0584. The van der Waals surface area contributed by atoms with E-state index < -0.39 is 0 Å². The summed E-state index contributed by atoms with van der Waals surface area (Å²) in [6, 6.07) is 0. The van der Waals surface area contributed by atoms with Gasteiger partial charge in [0.1, 0.15) is 0 Å². The monoisotopic (exact) mass is 170 g/mol. The van der Waals surface area contributed by atoms with Gasteiger partial charge in [-0.2, -0.15) is 0 Å². The molecule has 2 nitrogen and oxygen atoms in total. The van der Waals surface area contributed by atoms with E-state index in [-0.39, 0.29) is 23.0 Å². The van der Waals surface area contributed by atoms with Crippen molar-refractivity contribution in [2.45, 2.75) is 45.8 Å². The summed E-state index contributed by atoms with van der Waals surface area (Å²) in [5.74, 6) is 0.303. The largest absolute Gasteiger partial charge is 0.393 e. The van der Waals surface area contributed by atoms with E-state index in [4.69, 9.17) is 0 Å². The Labute approximate surface area is 73.6 Å². The van der Waals surface area contributed by atoms with Crippen LogP contribution < -0.4 is 0 Å². The second-order valence-corrected chi connectivity index (χ2v) is 5.27. The molecule has 2 fully saturated rings. The summed E-state index contributed by atoms with van der Waals surface area (Å²) in [5.41, 5.74) is 0.0446. The summed E-state index contributed by atoms with van der Waals surface area (Å²) in [7, 11) is 0. The zero-order valence-corrected chi connectivity index (χ0v) is 8.04. The summed E-state index contributed by atoms with van der Waals surface area (Å²) < 4.78 is 0. The minimum atomic E-state index is -0.208. The highest BCUT2D eigenvalue weighted by molar-refractivity contribution is 5.13. The van der Waals surface area contributed by atoms with Gasteiger partial charge in [-0.15, -0.1) is 0 Å². The van der Waals surface area contributed by atoms with E-state index in [1.54, 1.807) is 0 Å². The third-order valence-electron chi connectivity index (χ3n) is 4.71. The van der Waals surface area contributed by atoms with E-state index in [2.05, 4.69) is 20.8 Å². The summed E-state index contributed by atoms with van der Waals surface area (Å²) >= 11 is 0. The molecule has 0 aromatic rings. The smallest absolute Gasteiger partial charge is 0.0603 e. The van der Waals surface area contributed by atoms with Crippen molar-refractivity contribution in [1.82, 2.24) is 0 Å². The number of aliphatic hydroxyl groups is 2. The van der Waals surface area contributed by atoms with Crippen LogP contribution in [0.5, 0.6) is 0 Å². The van der Waals surface area contributed by atoms with Crippen LogP contribution in [0.15, 0.2) is 0 Å². The molecular formula is C10H18O2. The van der Waals surface area contributed by atoms with Crippen LogP contribution in [0.2, 0.25) is 0 Å². The van der Waals surface area contributed by atoms with Gasteiger partial charge < -0.3 is 10.2 Å². The van der Waals surface area contributed by atoms with Crippen LogP contribution in [-0.2, 0) is 0 Å². The molecule has 2 bridgehead atoms. The van der Waals surface area contributed by atoms with Crippen molar-refractivity contribution in [3.05, 3.63) is 0 Å². The quantitative estimate of drug-likeness (QED) is 0.573. The second-order valence-electron chi connectivity index (χ2n) is 5.27. The zero-order chi connectivity index (χ0) is 9.15. The molecule has 0 unspecified atom stereocenters. The first-order valence-electron chi connectivity index (χ1n) is 4.76. The highest BCUT2D eigenvalue weighted by atomic mass is 16.3. The molecule has 0 heterocycles. The van der Waals surface area contributed by atoms with Gasteiger partial charge in [-0.05, 0) is 24.2 Å². The predicted octanol–water partition coefficient (Wildman–Crippen LogP) is 1.16. The topological polar surface area (TPSA) is 40.5 Å². The van der Waals surface area contributed by atoms with E-state index in [1.165, 1.54) is 0 Å². The Bertz CT molecular complexity index is 212. The Morgan fingerprint density at radius 2 is 1.75 bits per heavy atom. The van der Waals surface area contributed by atoms with Gasteiger partial charge >= 0.3 is 0 Å². The number of hydrogen-bond donors (Lipinski definition) is 2. The molecule has 2 aliphatic carbocycles. The molecule has 2 heteroatoms. The second kappa shape index (κ2) is 2.05. The number of aliphatic hydroxyl groups excluding tert-OH is 2. The molecule has 0 aromatic carbocycles. The first-order chi connectivity index (χ1) is 5.39. The molecule has 0 aromatic heterocycles. The van der Waals surface area contributed by atoms with Crippen LogP contribution in [0.1, 0.15) is 33.6 Å². The minimum Gasteiger partial charge on any atom is -0.393 e. The highest BCUT2D eigenvalue weighted by Crippen LogP contribution is 2.65. The van der Waals surface area contributed by atoms with Crippen molar-refractivity contribution in [2.75, 3.05) is 0 Å². The van der Waals surface area contributed by atoms with E-state index >= 15 is 0 Å². The van der Waals surface area contributed by atoms with E-state index in [9.17, 15) is 10.2 Å². The van der Waals surface area contributed by atoms with Crippen LogP contribution in [0, 0.1) is 16.7 Å². The first kappa shape index (κ1) is 8.52. The maximum atomic E-state index is 9.82. The maximum absolute atomic E-state index is 9.82. The van der Waals surface area contributed by atoms with Crippen LogP contribution in [0.25, 0.3) is 0 Å². The fraction of sp³-hybridized carbons (Fsp3) is 1.00. The van der Waals surface area contributed by atoms with Crippen molar-refractivity contribution in [3.63, 3.8) is 0 Å². The van der Waals surface area contributed by atoms with E-state index in [0.717, 1.165) is 12.8 Å². The molecule has 2 rings (SSSR count). The van der Waals surface area contributed by atoms with Crippen LogP contribution in [0.4, 0.5) is 0 Å². The lowest BCUT2D eigenvalue weighted by Crippen LogP contribution is -2.36. The Balaban J connectivity index is 2.41. The lowest BCUT2D eigenvalue weighted by atomic mass is 9.70. The van der Waals surface area contributed by atoms with Gasteiger partial charge in [0.05, 0.1) is 12.2 Å². The third-order valence-corrected chi connectivity index (χ3v) is 4.71. The predicted molar refractivity (Wildman–Crippen MR) is 46.6 cm³/mol. The zero-order valence-electron chi connectivity index (χ0n) is 8.04. The summed E-state index contributed by atoms with van der Waals surface area (Å²) in [6.07, 6.45) is 1.16. The average Bonchev–Trinajstić information content (AvgIpc) is 2.18. The highest BCUT2D eigenvalue weighted by Gasteiger charge is 2.64. The maximum Gasteiger partial charge on any atom is 0.0603 e. The van der Waals surface area contributed by atoms with Crippen LogP contribution >= 0.6 is 0 Å². The Kier molecular flexibility index (Phi) is 1.45. The van der Waals surface area contributed by atoms with Crippen molar-refractivity contribution < 1.29 is 10.2 Å². The molecule has 70 valence electrons. The van der Waals surface area contributed by atoms with Crippen LogP contribution in [0.3, 0.4) is 0 Å². The number of rotatable bonds is 0. The van der Waals surface area contributed by atoms with E-state index in [1.807, 2.05) is 0 Å². The summed E-state index contributed by atoms with van der Waals surface area (Å²) in [5, 5.41) is 19.5. The SMILES string of the molecule is CC1(C)[C@@H]2C[C@H](O)[C@]1(C)C[C@@H]2O. The fourth-order valence-corrected chi connectivity index (χ4v) is 3.26. The van der Waals surface area contributed by atoms with E-state index in [0.29, 0.717) is 5.92 Å². The first-order valence-corrected chi connectivity index (χ1v) is 4.76. The Morgan fingerprint density at radius 1 is 1.17 bits per heavy atom. The summed E-state index contributed by atoms with van der Waals surface area (Å²) in [4.78, 5) is 0. The molecule has 0 amide bonds. The number of fused-ring (bicyclic) bond motifs is 2. The third kappa shape index (κ3) is 0.686. The molecule has 2 aliphatic rings. The Morgan fingerprint density at radius 3 is 2.00 bits per heavy atom. The molecule has 0 radical (unpaired) electrons. The van der Waals surface area contributed by atoms with Crippen molar-refractivity contribution >= 4 is 0 Å². The van der Waals surface area contributed by atoms with Crippen molar-refractivity contribution in [1.29, 1.82) is 0 Å². The molecular weight excluding hydrogens is 152 g/mol. The molecule has 2 N–H and O–H groups in total. The normalized spacial score (nSPS) is 56.2. The molecule has 12 heavy (non-hydrogen) atoms. The lowest BCUT2D eigenvalue weighted by Gasteiger charge is -2.36. The van der Waals surface area contributed by atoms with Crippen molar-refractivity contribution in [3.8, 4) is 0 Å². The van der Waals surface area contributed by atoms with Gasteiger partial charge in [-0.1, -0.05) is 20.8 Å². The molecule has 0 saturated heterocycles. The standard InChI is InChI=1S/C10H18O2/c1-9(2)6-4-8(12)10(9,3)5-7(6)11/h6-8,11-12H,4-5H2,1-3H3/t6-,7+,8+,10+/m1/s1. The van der Waals surface area contributed by atoms with Crippen molar-refractivity contribution in [2.24, 2.45) is 16.7 Å². The molecule has 4 atom stereocenters. The number of hydrogen-bond acceptors (Lipinski definition) is 2. The van der Waals surface area contributed by atoms with Gasteiger partial charge in [0.15, 0.2) is 0 Å². The molecule has 0 aliphatic heterocycles. The Hall–Kier alpha value is -0.0800. The summed E-state index contributed by atoms with van der Waals surface area (Å²) in [6.45, 7) is 6.45. The van der Waals surface area contributed by atoms with Gasteiger partial charge in [0, 0.05) is 5.41 Å². The van der Waals surface area contributed by atoms with Gasteiger partial charge in [0.25, 0.3) is 0 Å². The fourth-order valence-electron chi connectivity index (χ4n) is 3.26.